The first kappa shape index (κ1) is 18.4. The highest BCUT2D eigenvalue weighted by Gasteiger charge is 2.33. The van der Waals surface area contributed by atoms with Gasteiger partial charge in [-0.2, -0.15) is 4.52 Å². The number of aryl methyl sites for hydroxylation is 2. The van der Waals surface area contributed by atoms with Crippen LogP contribution in [0.4, 0.5) is 0 Å². The molecule has 4 rings (SSSR count). The highest BCUT2D eigenvalue weighted by atomic mass is 32.1. The van der Waals surface area contributed by atoms with Gasteiger partial charge in [0, 0.05) is 6.04 Å². The molecule has 0 aliphatic carbocycles. The van der Waals surface area contributed by atoms with Crippen LogP contribution >= 0.6 is 11.3 Å². The highest BCUT2D eigenvalue weighted by Crippen LogP contribution is 2.41. The lowest BCUT2D eigenvalue weighted by Gasteiger charge is -2.39. The molecule has 0 saturated carbocycles. The van der Waals surface area contributed by atoms with Crippen LogP contribution in [0, 0.1) is 13.8 Å². The second-order valence-corrected chi connectivity index (χ2v) is 8.61. The number of benzene rings is 1. The lowest BCUT2D eigenvalue weighted by atomic mass is 9.95. The molecule has 6 nitrogen and oxygen atoms in total. The van der Waals surface area contributed by atoms with Crippen LogP contribution in [0.1, 0.15) is 40.7 Å². The zero-order chi connectivity index (χ0) is 19.1. The van der Waals surface area contributed by atoms with Gasteiger partial charge in [-0.25, -0.2) is 4.98 Å². The summed E-state index contributed by atoms with van der Waals surface area (Å²) in [5.41, 5.74) is 2.47. The monoisotopic (exact) mass is 385 g/mol. The maximum atomic E-state index is 11.0. The minimum absolute atomic E-state index is 0.00610. The summed E-state index contributed by atoms with van der Waals surface area (Å²) in [4.78, 5) is 10.9. The normalized spacial score (nSPS) is 17.8. The first-order chi connectivity index (χ1) is 13.0. The van der Waals surface area contributed by atoms with Crippen molar-refractivity contribution in [2.75, 3.05) is 27.2 Å². The van der Waals surface area contributed by atoms with Crippen LogP contribution < -0.4 is 0 Å². The molecule has 1 aliphatic heterocycles. The summed E-state index contributed by atoms with van der Waals surface area (Å²) in [6.45, 7) is 6.21. The van der Waals surface area contributed by atoms with Crippen molar-refractivity contribution in [3.63, 3.8) is 0 Å². The molecule has 1 N–H and O–H groups in total. The fourth-order valence-electron chi connectivity index (χ4n) is 4.08. The number of hydrogen-bond donors (Lipinski definition) is 1. The molecule has 0 bridgehead atoms. The fourth-order valence-corrected chi connectivity index (χ4v) is 5.25. The average Bonchev–Trinajstić information content (AvgIpc) is 3.15. The van der Waals surface area contributed by atoms with Crippen molar-refractivity contribution in [3.8, 4) is 5.88 Å². The number of aromatic nitrogens is 3. The molecule has 1 fully saturated rings. The van der Waals surface area contributed by atoms with E-state index in [1.165, 1.54) is 22.5 Å². The number of aromatic hydroxyl groups is 1. The van der Waals surface area contributed by atoms with E-state index in [1.807, 2.05) is 6.92 Å². The van der Waals surface area contributed by atoms with E-state index in [2.05, 4.69) is 65.2 Å². The number of likely N-dealkylation sites (tertiary alicyclic amines) is 1. The average molecular weight is 386 g/mol. The Morgan fingerprint density at radius 1 is 1.22 bits per heavy atom. The van der Waals surface area contributed by atoms with Gasteiger partial charge in [-0.1, -0.05) is 35.6 Å². The fraction of sp³-hybridized carbons (Fsp3) is 0.500. The molecule has 0 spiro atoms. The smallest absolute Gasteiger partial charge is 0.230 e. The lowest BCUT2D eigenvalue weighted by Crippen LogP contribution is -2.43. The third kappa shape index (κ3) is 3.35. The predicted molar refractivity (Wildman–Crippen MR) is 109 cm³/mol. The number of thiazole rings is 1. The van der Waals surface area contributed by atoms with E-state index in [0.29, 0.717) is 11.9 Å². The number of hydrogen-bond acceptors (Lipinski definition) is 6. The van der Waals surface area contributed by atoms with E-state index < -0.39 is 0 Å². The van der Waals surface area contributed by atoms with Crippen molar-refractivity contribution in [3.05, 3.63) is 46.1 Å². The number of fused-ring (bicyclic) bond motifs is 1. The number of rotatable bonds is 4. The number of piperidine rings is 1. The third-order valence-corrected chi connectivity index (χ3v) is 6.78. The number of nitrogens with zero attached hydrogens (tertiary/aromatic N) is 5. The van der Waals surface area contributed by atoms with E-state index in [-0.39, 0.29) is 11.9 Å². The van der Waals surface area contributed by atoms with E-state index in [0.717, 1.165) is 35.8 Å². The van der Waals surface area contributed by atoms with Gasteiger partial charge in [0.05, 0.1) is 10.9 Å². The second kappa shape index (κ2) is 7.22. The lowest BCUT2D eigenvalue weighted by molar-refractivity contribution is 0.121. The van der Waals surface area contributed by atoms with Crippen LogP contribution in [0.15, 0.2) is 24.3 Å². The molecule has 0 amide bonds. The summed E-state index contributed by atoms with van der Waals surface area (Å²) in [5, 5.41) is 15.3. The van der Waals surface area contributed by atoms with Crippen molar-refractivity contribution in [1.82, 2.24) is 24.4 Å². The Kier molecular flexibility index (Phi) is 4.92. The summed E-state index contributed by atoms with van der Waals surface area (Å²) in [5.74, 6) is 0.892. The van der Waals surface area contributed by atoms with Crippen LogP contribution in [0.25, 0.3) is 4.96 Å². The third-order valence-electron chi connectivity index (χ3n) is 5.71. The Bertz CT molecular complexity index is 941. The second-order valence-electron chi connectivity index (χ2n) is 7.60. The molecule has 1 aliphatic rings. The SMILES string of the molecule is Cc1nc2sc(C(c3ccccc3C)N(C)C3CCN(C)CC3)c(O)n2n1. The van der Waals surface area contributed by atoms with Crippen molar-refractivity contribution in [2.24, 2.45) is 0 Å². The van der Waals surface area contributed by atoms with Gasteiger partial charge in [-0.05, 0) is 65.0 Å². The van der Waals surface area contributed by atoms with Gasteiger partial charge < -0.3 is 10.0 Å². The molecule has 7 heteroatoms. The van der Waals surface area contributed by atoms with Crippen molar-refractivity contribution >= 4 is 16.3 Å². The minimum atomic E-state index is -0.00610. The first-order valence-electron chi connectivity index (χ1n) is 9.46. The zero-order valence-corrected chi connectivity index (χ0v) is 17.2. The van der Waals surface area contributed by atoms with Crippen LogP contribution in [-0.4, -0.2) is 62.7 Å². The summed E-state index contributed by atoms with van der Waals surface area (Å²) in [6.07, 6.45) is 2.27. The van der Waals surface area contributed by atoms with Gasteiger partial charge in [0.25, 0.3) is 0 Å². The van der Waals surface area contributed by atoms with Gasteiger partial charge in [0.1, 0.15) is 5.82 Å². The van der Waals surface area contributed by atoms with Gasteiger partial charge in [0.15, 0.2) is 0 Å². The van der Waals surface area contributed by atoms with E-state index in [4.69, 9.17) is 0 Å². The molecular weight excluding hydrogens is 358 g/mol. The van der Waals surface area contributed by atoms with Crippen LogP contribution in [-0.2, 0) is 0 Å². The Balaban J connectivity index is 1.79. The summed E-state index contributed by atoms with van der Waals surface area (Å²) in [6, 6.07) is 8.94. The van der Waals surface area contributed by atoms with Gasteiger partial charge in [0.2, 0.25) is 10.8 Å². The van der Waals surface area contributed by atoms with E-state index in [1.54, 1.807) is 4.52 Å². The molecule has 1 atom stereocenters. The molecule has 1 saturated heterocycles. The van der Waals surface area contributed by atoms with E-state index >= 15 is 0 Å². The molecular formula is C20H27N5OS. The Morgan fingerprint density at radius 2 is 1.93 bits per heavy atom. The van der Waals surface area contributed by atoms with E-state index in [9.17, 15) is 5.11 Å². The van der Waals surface area contributed by atoms with Crippen LogP contribution in [0.2, 0.25) is 0 Å². The molecule has 27 heavy (non-hydrogen) atoms. The Labute approximate surface area is 164 Å². The zero-order valence-electron chi connectivity index (χ0n) is 16.4. The Hall–Kier alpha value is -1.96. The topological polar surface area (TPSA) is 56.9 Å². The van der Waals surface area contributed by atoms with Crippen LogP contribution in [0.3, 0.4) is 0 Å². The predicted octanol–water partition coefficient (Wildman–Crippen LogP) is 3.23. The minimum Gasteiger partial charge on any atom is -0.492 e. The highest BCUT2D eigenvalue weighted by molar-refractivity contribution is 7.17. The molecule has 3 aromatic rings. The molecule has 144 valence electrons. The molecule has 1 unspecified atom stereocenters. The molecule has 0 radical (unpaired) electrons. The van der Waals surface area contributed by atoms with Crippen molar-refractivity contribution in [2.45, 2.75) is 38.8 Å². The maximum absolute atomic E-state index is 11.0. The molecule has 1 aromatic carbocycles. The van der Waals surface area contributed by atoms with Crippen molar-refractivity contribution < 1.29 is 5.11 Å². The molecule has 2 aromatic heterocycles. The quantitative estimate of drug-likeness (QED) is 0.747. The largest absolute Gasteiger partial charge is 0.492 e. The first-order valence-corrected chi connectivity index (χ1v) is 10.3. The summed E-state index contributed by atoms with van der Waals surface area (Å²) >= 11 is 1.54. The maximum Gasteiger partial charge on any atom is 0.230 e. The van der Waals surface area contributed by atoms with Gasteiger partial charge in [-0.3, -0.25) is 4.90 Å². The van der Waals surface area contributed by atoms with Crippen molar-refractivity contribution in [1.29, 1.82) is 0 Å². The summed E-state index contributed by atoms with van der Waals surface area (Å²) < 4.78 is 1.57. The molecule has 3 heterocycles. The standard InChI is InChI=1S/C20H27N5OS/c1-13-7-5-6-8-16(13)17(24(4)15-9-11-23(3)12-10-15)18-19(26)25-20(27-18)21-14(2)22-25/h5-8,15,17,26H,9-12H2,1-4H3. The Morgan fingerprint density at radius 3 is 2.59 bits per heavy atom. The van der Waals surface area contributed by atoms with Gasteiger partial charge >= 0.3 is 0 Å². The van der Waals surface area contributed by atoms with Gasteiger partial charge in [-0.15, -0.1) is 5.10 Å². The van der Waals surface area contributed by atoms with Crippen LogP contribution in [0.5, 0.6) is 5.88 Å². The summed E-state index contributed by atoms with van der Waals surface area (Å²) in [7, 11) is 4.37.